The molecule has 0 heterocycles. The molecule has 0 aromatic carbocycles. The number of unbranched alkanes of at least 4 members (excludes halogenated alkanes) is 43. The molecule has 67 heavy (non-hydrogen) atoms. The van der Waals surface area contributed by atoms with E-state index >= 15 is 0 Å². The van der Waals surface area contributed by atoms with Crippen LogP contribution < -0.4 is 5.32 Å². The van der Waals surface area contributed by atoms with Crippen molar-refractivity contribution in [2.75, 3.05) is 6.61 Å². The van der Waals surface area contributed by atoms with Crippen molar-refractivity contribution in [3.05, 3.63) is 48.6 Å². The molecule has 3 N–H and O–H groups in total. The van der Waals surface area contributed by atoms with Crippen LogP contribution in [0.3, 0.4) is 0 Å². The number of amides is 1. The zero-order chi connectivity index (χ0) is 48.5. The van der Waals surface area contributed by atoms with Gasteiger partial charge in [0.05, 0.1) is 18.8 Å². The highest BCUT2D eigenvalue weighted by Gasteiger charge is 2.18. The lowest BCUT2D eigenvalue weighted by Crippen LogP contribution is -2.45. The van der Waals surface area contributed by atoms with Crippen molar-refractivity contribution in [3.63, 3.8) is 0 Å². The molecule has 2 unspecified atom stereocenters. The molecule has 394 valence electrons. The van der Waals surface area contributed by atoms with Gasteiger partial charge < -0.3 is 15.5 Å². The average Bonchev–Trinajstić information content (AvgIpc) is 3.33. The number of hydrogen-bond donors (Lipinski definition) is 3. The molecule has 0 aromatic heterocycles. The number of allylic oxidation sites excluding steroid dienone is 7. The fourth-order valence-electron chi connectivity index (χ4n) is 9.41. The number of nitrogens with one attached hydrogen (secondary N) is 1. The Kier molecular flexibility index (Phi) is 57.2. The molecule has 0 radical (unpaired) electrons. The third-order valence-electron chi connectivity index (χ3n) is 14.0. The second-order valence-electron chi connectivity index (χ2n) is 20.8. The van der Waals surface area contributed by atoms with Gasteiger partial charge in [0, 0.05) is 6.42 Å². The number of rotatable bonds is 56. The molecule has 4 heteroatoms. The Morgan fingerprint density at radius 1 is 0.358 bits per heavy atom. The van der Waals surface area contributed by atoms with Crippen molar-refractivity contribution in [1.82, 2.24) is 5.32 Å². The van der Waals surface area contributed by atoms with Crippen LogP contribution in [0.2, 0.25) is 0 Å². The summed E-state index contributed by atoms with van der Waals surface area (Å²) in [5.74, 6) is -0.0705. The second-order valence-corrected chi connectivity index (χ2v) is 20.8. The highest BCUT2D eigenvalue weighted by atomic mass is 16.3. The third-order valence-corrected chi connectivity index (χ3v) is 14.0. The molecule has 0 saturated carbocycles. The van der Waals surface area contributed by atoms with Gasteiger partial charge in [-0.05, 0) is 64.2 Å². The van der Waals surface area contributed by atoms with Gasteiger partial charge in [0.15, 0.2) is 0 Å². The first-order valence-electron chi connectivity index (χ1n) is 30.4. The summed E-state index contributed by atoms with van der Waals surface area (Å²) in [7, 11) is 0. The minimum absolute atomic E-state index is 0.0705. The van der Waals surface area contributed by atoms with Crippen molar-refractivity contribution in [2.45, 2.75) is 341 Å². The Morgan fingerprint density at radius 3 is 0.955 bits per heavy atom. The molecule has 0 aromatic rings. The normalized spacial score (nSPS) is 13.1. The average molecular weight is 939 g/mol. The van der Waals surface area contributed by atoms with E-state index in [1.165, 1.54) is 270 Å². The van der Waals surface area contributed by atoms with E-state index in [0.717, 1.165) is 38.5 Å². The smallest absolute Gasteiger partial charge is 0.220 e. The number of aliphatic hydroxyl groups excluding tert-OH is 2. The fourth-order valence-corrected chi connectivity index (χ4v) is 9.41. The lowest BCUT2D eigenvalue weighted by atomic mass is 10.0. The van der Waals surface area contributed by atoms with E-state index in [1.807, 2.05) is 6.08 Å². The molecule has 1 amide bonds. The number of carbonyl (C=O) groups is 1. The zero-order valence-corrected chi connectivity index (χ0v) is 45.4. The number of hydrogen-bond acceptors (Lipinski definition) is 3. The maximum atomic E-state index is 12.5. The number of carbonyl (C=O) groups excluding carboxylic acids is 1. The van der Waals surface area contributed by atoms with E-state index in [-0.39, 0.29) is 12.5 Å². The maximum absolute atomic E-state index is 12.5. The minimum atomic E-state index is -0.862. The van der Waals surface area contributed by atoms with Gasteiger partial charge in [0.25, 0.3) is 0 Å². The van der Waals surface area contributed by atoms with Crippen LogP contribution in [0.5, 0.6) is 0 Å². The van der Waals surface area contributed by atoms with Gasteiger partial charge in [0.1, 0.15) is 0 Å². The van der Waals surface area contributed by atoms with E-state index in [4.69, 9.17) is 0 Å². The topological polar surface area (TPSA) is 69.6 Å². The molecular formula is C63H119NO3. The summed E-state index contributed by atoms with van der Waals surface area (Å²) in [4.78, 5) is 12.5. The van der Waals surface area contributed by atoms with Crippen LogP contribution in [0.25, 0.3) is 0 Å². The molecular weight excluding hydrogens is 819 g/mol. The van der Waals surface area contributed by atoms with Gasteiger partial charge in [-0.15, -0.1) is 0 Å². The van der Waals surface area contributed by atoms with Crippen LogP contribution in [0.15, 0.2) is 48.6 Å². The highest BCUT2D eigenvalue weighted by molar-refractivity contribution is 5.76. The Balaban J connectivity index is 3.44. The van der Waals surface area contributed by atoms with Gasteiger partial charge >= 0.3 is 0 Å². The summed E-state index contributed by atoms with van der Waals surface area (Å²) in [5, 5.41) is 23.1. The first-order valence-corrected chi connectivity index (χ1v) is 30.4. The van der Waals surface area contributed by atoms with Crippen LogP contribution >= 0.6 is 0 Å². The second kappa shape index (κ2) is 58.7. The predicted molar refractivity (Wildman–Crippen MR) is 299 cm³/mol. The van der Waals surface area contributed by atoms with E-state index in [0.29, 0.717) is 6.42 Å². The summed E-state index contributed by atoms with van der Waals surface area (Å²) < 4.78 is 0. The highest BCUT2D eigenvalue weighted by Crippen LogP contribution is 2.17. The van der Waals surface area contributed by atoms with E-state index in [1.54, 1.807) is 6.08 Å². The van der Waals surface area contributed by atoms with Crippen molar-refractivity contribution in [2.24, 2.45) is 0 Å². The molecule has 0 aliphatic carbocycles. The summed E-state index contributed by atoms with van der Waals surface area (Å²) in [6.07, 6.45) is 81.7. The molecule has 0 aliphatic heterocycles. The Labute approximate surface area is 420 Å². The Bertz CT molecular complexity index is 1060. The fraction of sp³-hybridized carbons (Fsp3) is 0.857. The van der Waals surface area contributed by atoms with Crippen LogP contribution in [0.1, 0.15) is 328 Å². The zero-order valence-electron chi connectivity index (χ0n) is 45.4. The molecule has 4 nitrogen and oxygen atoms in total. The monoisotopic (exact) mass is 938 g/mol. The van der Waals surface area contributed by atoms with E-state index in [9.17, 15) is 15.0 Å². The summed E-state index contributed by atoms with van der Waals surface area (Å²) in [6, 6.07) is -0.639. The molecule has 0 aliphatic rings. The molecule has 0 saturated heterocycles. The Morgan fingerprint density at radius 2 is 0.627 bits per heavy atom. The van der Waals surface area contributed by atoms with Crippen LogP contribution in [0.4, 0.5) is 0 Å². The molecule has 0 spiro atoms. The van der Waals surface area contributed by atoms with Gasteiger partial charge in [-0.1, -0.05) is 306 Å². The lowest BCUT2D eigenvalue weighted by molar-refractivity contribution is -0.123. The van der Waals surface area contributed by atoms with E-state index < -0.39 is 12.1 Å². The van der Waals surface area contributed by atoms with Crippen LogP contribution in [-0.4, -0.2) is 34.9 Å². The quantitative estimate of drug-likeness (QED) is 0.0420. The van der Waals surface area contributed by atoms with Crippen molar-refractivity contribution in [1.29, 1.82) is 0 Å². The van der Waals surface area contributed by atoms with Crippen molar-refractivity contribution >= 4 is 5.91 Å². The predicted octanol–water partition coefficient (Wildman–Crippen LogP) is 20.2. The van der Waals surface area contributed by atoms with Gasteiger partial charge in [0.2, 0.25) is 5.91 Å². The van der Waals surface area contributed by atoms with Crippen LogP contribution in [0, 0.1) is 0 Å². The van der Waals surface area contributed by atoms with Gasteiger partial charge in [-0.25, -0.2) is 0 Å². The molecule has 0 rings (SSSR count). The number of aliphatic hydroxyl groups is 2. The minimum Gasteiger partial charge on any atom is -0.394 e. The first kappa shape index (κ1) is 65.3. The van der Waals surface area contributed by atoms with Gasteiger partial charge in [-0.2, -0.15) is 0 Å². The molecule has 2 atom stereocenters. The first-order chi connectivity index (χ1) is 33.2. The van der Waals surface area contributed by atoms with Crippen molar-refractivity contribution < 1.29 is 15.0 Å². The largest absolute Gasteiger partial charge is 0.394 e. The van der Waals surface area contributed by atoms with Crippen molar-refractivity contribution in [3.8, 4) is 0 Å². The van der Waals surface area contributed by atoms with Crippen LogP contribution in [-0.2, 0) is 4.79 Å². The maximum Gasteiger partial charge on any atom is 0.220 e. The molecule has 0 bridgehead atoms. The SMILES string of the molecule is CCCCCCCCCCCC/C=C/CC/C=C/C(O)C(CO)NC(=O)CCCCCCCCCCCCCCCCCCC/C=C\C/C=C\CCCCCCCCCCCCCCCCC. The lowest BCUT2D eigenvalue weighted by Gasteiger charge is -2.19. The third kappa shape index (κ3) is 55.2. The van der Waals surface area contributed by atoms with E-state index in [2.05, 4.69) is 55.6 Å². The summed E-state index contributed by atoms with van der Waals surface area (Å²) in [6.45, 7) is 4.32. The molecule has 0 fully saturated rings. The Hall–Kier alpha value is -1.65. The summed E-state index contributed by atoms with van der Waals surface area (Å²) >= 11 is 0. The van der Waals surface area contributed by atoms with Gasteiger partial charge in [-0.3, -0.25) is 4.79 Å². The summed E-state index contributed by atoms with van der Waals surface area (Å²) in [5.41, 5.74) is 0. The standard InChI is InChI=1S/C63H119NO3/c1-3-5-7-9-11-13-15-17-19-21-22-23-24-25-26-27-28-29-30-31-32-33-34-35-36-37-38-39-40-41-42-43-45-47-49-51-53-55-57-59-63(67)64-61(60-65)62(66)58-56-54-52-50-48-46-44-20-18-16-14-12-10-8-6-4-2/h28-29,31-32,48,50,56,58,61-62,65-66H,3-27,30,33-47,49,51-55,57,59-60H2,1-2H3,(H,64,67)/b29-28-,32-31-,50-48+,58-56+.